The lowest BCUT2D eigenvalue weighted by molar-refractivity contribution is 0.200. The summed E-state index contributed by atoms with van der Waals surface area (Å²) in [5.41, 5.74) is 0.339. The Labute approximate surface area is 115 Å². The van der Waals surface area contributed by atoms with Crippen LogP contribution in [0, 0.1) is 11.6 Å². The van der Waals surface area contributed by atoms with E-state index in [1.54, 1.807) is 24.3 Å². The molecule has 1 amide bonds. The lowest BCUT2D eigenvalue weighted by Gasteiger charge is -2.07. The van der Waals surface area contributed by atoms with Crippen LogP contribution in [0.25, 0.3) is 0 Å². The van der Waals surface area contributed by atoms with Crippen molar-refractivity contribution in [3.63, 3.8) is 0 Å². The third-order valence-electron chi connectivity index (χ3n) is 2.63. The highest BCUT2D eigenvalue weighted by atomic mass is 19.1. The van der Waals surface area contributed by atoms with E-state index >= 15 is 0 Å². The van der Waals surface area contributed by atoms with Crippen LogP contribution in [0.1, 0.15) is 5.56 Å². The summed E-state index contributed by atoms with van der Waals surface area (Å²) < 4.78 is 31.0. The number of halogens is 2. The van der Waals surface area contributed by atoms with Gasteiger partial charge in [-0.2, -0.15) is 0 Å². The number of hydrogen-bond donors (Lipinski definition) is 1. The molecule has 0 unspecified atom stereocenters. The third-order valence-corrected chi connectivity index (χ3v) is 2.63. The van der Waals surface area contributed by atoms with Crippen molar-refractivity contribution in [2.75, 3.05) is 6.54 Å². The van der Waals surface area contributed by atoms with Crippen LogP contribution in [-0.2, 0) is 6.42 Å². The first kappa shape index (κ1) is 14.0. The van der Waals surface area contributed by atoms with E-state index in [4.69, 9.17) is 4.74 Å². The van der Waals surface area contributed by atoms with Crippen molar-refractivity contribution in [1.29, 1.82) is 0 Å². The Hall–Kier alpha value is -2.43. The molecule has 0 saturated heterocycles. The minimum atomic E-state index is -0.623. The van der Waals surface area contributed by atoms with Crippen molar-refractivity contribution in [3.05, 3.63) is 65.7 Å². The lowest BCUT2D eigenvalue weighted by atomic mass is 10.1. The monoisotopic (exact) mass is 277 g/mol. The van der Waals surface area contributed by atoms with Crippen molar-refractivity contribution in [2.45, 2.75) is 6.42 Å². The molecule has 0 fully saturated rings. The van der Waals surface area contributed by atoms with Crippen LogP contribution in [0.2, 0.25) is 0 Å². The molecule has 0 aliphatic carbocycles. The predicted octanol–water partition coefficient (Wildman–Crippen LogP) is 3.30. The van der Waals surface area contributed by atoms with Crippen LogP contribution in [0.3, 0.4) is 0 Å². The lowest BCUT2D eigenvalue weighted by Crippen LogP contribution is -2.28. The maximum absolute atomic E-state index is 13.3. The summed E-state index contributed by atoms with van der Waals surface area (Å²) >= 11 is 0. The molecule has 20 heavy (non-hydrogen) atoms. The SMILES string of the molecule is O=C(NCCc1ccc(F)cc1F)Oc1ccccc1. The van der Waals surface area contributed by atoms with E-state index in [9.17, 15) is 13.6 Å². The van der Waals surface area contributed by atoms with Gasteiger partial charge in [0.05, 0.1) is 0 Å². The molecule has 0 spiro atoms. The average Bonchev–Trinajstić information content (AvgIpc) is 2.42. The van der Waals surface area contributed by atoms with E-state index in [0.29, 0.717) is 11.3 Å². The van der Waals surface area contributed by atoms with E-state index in [1.807, 2.05) is 6.07 Å². The highest BCUT2D eigenvalue weighted by Gasteiger charge is 2.06. The van der Waals surface area contributed by atoms with Gasteiger partial charge in [-0.3, -0.25) is 0 Å². The molecule has 104 valence electrons. The number of nitrogens with one attached hydrogen (secondary N) is 1. The molecule has 0 bridgehead atoms. The normalized spacial score (nSPS) is 10.1. The van der Waals surface area contributed by atoms with E-state index in [0.717, 1.165) is 6.07 Å². The number of ether oxygens (including phenoxy) is 1. The number of carbonyl (C=O) groups is 1. The van der Waals surface area contributed by atoms with Gasteiger partial charge < -0.3 is 10.1 Å². The van der Waals surface area contributed by atoms with Crippen LogP contribution in [-0.4, -0.2) is 12.6 Å². The molecule has 2 aromatic carbocycles. The Kier molecular flexibility index (Phi) is 4.65. The Balaban J connectivity index is 1.79. The predicted molar refractivity (Wildman–Crippen MR) is 70.5 cm³/mol. The molecule has 5 heteroatoms. The van der Waals surface area contributed by atoms with Gasteiger partial charge >= 0.3 is 6.09 Å². The van der Waals surface area contributed by atoms with Crippen molar-refractivity contribution in [1.82, 2.24) is 5.32 Å². The molecule has 0 aromatic heterocycles. The van der Waals surface area contributed by atoms with Crippen LogP contribution in [0.5, 0.6) is 5.75 Å². The molecule has 0 atom stereocenters. The summed E-state index contributed by atoms with van der Waals surface area (Å²) in [6.45, 7) is 0.203. The van der Waals surface area contributed by atoms with E-state index in [-0.39, 0.29) is 13.0 Å². The maximum atomic E-state index is 13.3. The maximum Gasteiger partial charge on any atom is 0.412 e. The highest BCUT2D eigenvalue weighted by Crippen LogP contribution is 2.10. The van der Waals surface area contributed by atoms with E-state index in [1.165, 1.54) is 12.1 Å². The Morgan fingerprint density at radius 3 is 2.55 bits per heavy atom. The molecule has 0 heterocycles. The third kappa shape index (κ3) is 4.05. The molecule has 2 rings (SSSR count). The smallest absolute Gasteiger partial charge is 0.410 e. The van der Waals surface area contributed by atoms with Gasteiger partial charge in [-0.25, -0.2) is 13.6 Å². The van der Waals surface area contributed by atoms with Gasteiger partial charge in [-0.1, -0.05) is 24.3 Å². The van der Waals surface area contributed by atoms with Crippen molar-refractivity contribution in [2.24, 2.45) is 0 Å². The second-order valence-electron chi connectivity index (χ2n) is 4.12. The fourth-order valence-electron chi connectivity index (χ4n) is 1.66. The Morgan fingerprint density at radius 1 is 1.10 bits per heavy atom. The Bertz CT molecular complexity index is 588. The quantitative estimate of drug-likeness (QED) is 0.931. The molecular formula is C15H13F2NO2. The van der Waals surface area contributed by atoms with E-state index < -0.39 is 17.7 Å². The van der Waals surface area contributed by atoms with Crippen LogP contribution < -0.4 is 10.1 Å². The zero-order valence-corrected chi connectivity index (χ0v) is 10.6. The Morgan fingerprint density at radius 2 is 1.85 bits per heavy atom. The fraction of sp³-hybridized carbons (Fsp3) is 0.133. The zero-order valence-electron chi connectivity index (χ0n) is 10.6. The summed E-state index contributed by atoms with van der Waals surface area (Å²) in [4.78, 5) is 11.5. The standard InChI is InChI=1S/C15H13F2NO2/c16-12-7-6-11(14(17)10-12)8-9-18-15(19)20-13-4-2-1-3-5-13/h1-7,10H,8-9H2,(H,18,19). The molecule has 3 nitrogen and oxygen atoms in total. The fourth-order valence-corrected chi connectivity index (χ4v) is 1.66. The molecule has 0 aliphatic rings. The van der Waals surface area contributed by atoms with Gasteiger partial charge in [-0.15, -0.1) is 0 Å². The summed E-state index contributed by atoms with van der Waals surface area (Å²) in [6.07, 6.45) is -0.352. The number of rotatable bonds is 4. The first-order valence-corrected chi connectivity index (χ1v) is 6.10. The van der Waals surface area contributed by atoms with Crippen LogP contribution in [0.4, 0.5) is 13.6 Å². The van der Waals surface area contributed by atoms with Crippen LogP contribution >= 0.6 is 0 Å². The number of para-hydroxylation sites is 1. The number of hydrogen-bond acceptors (Lipinski definition) is 2. The highest BCUT2D eigenvalue weighted by molar-refractivity contribution is 5.70. The average molecular weight is 277 g/mol. The van der Waals surface area contributed by atoms with Crippen molar-refractivity contribution in [3.8, 4) is 5.75 Å². The minimum Gasteiger partial charge on any atom is -0.410 e. The zero-order chi connectivity index (χ0) is 14.4. The first-order chi connectivity index (χ1) is 9.65. The van der Waals surface area contributed by atoms with Crippen molar-refractivity contribution < 1.29 is 18.3 Å². The minimum absolute atomic E-state index is 0.203. The second-order valence-corrected chi connectivity index (χ2v) is 4.12. The summed E-state index contributed by atoms with van der Waals surface area (Å²) in [6, 6.07) is 12.0. The summed E-state index contributed by atoms with van der Waals surface area (Å²) in [5.74, 6) is -0.816. The number of benzene rings is 2. The van der Waals surface area contributed by atoms with Gasteiger partial charge in [0.15, 0.2) is 0 Å². The van der Waals surface area contributed by atoms with Gasteiger partial charge in [0.2, 0.25) is 0 Å². The van der Waals surface area contributed by atoms with Gasteiger partial charge in [0, 0.05) is 12.6 Å². The van der Waals surface area contributed by atoms with Crippen LogP contribution in [0.15, 0.2) is 48.5 Å². The molecule has 1 N–H and O–H groups in total. The van der Waals surface area contributed by atoms with Gasteiger partial charge in [0.25, 0.3) is 0 Å². The van der Waals surface area contributed by atoms with Gasteiger partial charge in [0.1, 0.15) is 17.4 Å². The number of carbonyl (C=O) groups excluding carboxylic acids is 1. The summed E-state index contributed by atoms with van der Waals surface area (Å²) in [7, 11) is 0. The van der Waals surface area contributed by atoms with Crippen molar-refractivity contribution >= 4 is 6.09 Å². The topological polar surface area (TPSA) is 38.3 Å². The molecular weight excluding hydrogens is 264 g/mol. The second kappa shape index (κ2) is 6.65. The molecule has 0 saturated carbocycles. The molecule has 0 radical (unpaired) electrons. The summed E-state index contributed by atoms with van der Waals surface area (Å²) in [5, 5.41) is 2.50. The molecule has 0 aliphatic heterocycles. The first-order valence-electron chi connectivity index (χ1n) is 6.10. The van der Waals surface area contributed by atoms with E-state index in [2.05, 4.69) is 5.32 Å². The number of amides is 1. The molecule has 2 aromatic rings. The largest absolute Gasteiger partial charge is 0.412 e. The van der Waals surface area contributed by atoms with Gasteiger partial charge in [-0.05, 0) is 30.2 Å².